The van der Waals surface area contributed by atoms with Crippen LogP contribution in [0.4, 0.5) is 15.3 Å². The van der Waals surface area contributed by atoms with Crippen LogP contribution in [0.5, 0.6) is 5.75 Å². The van der Waals surface area contributed by atoms with E-state index >= 15 is 0 Å². The number of H-pyrrole nitrogens is 2. The number of amides is 4. The zero-order valence-corrected chi connectivity index (χ0v) is 41.6. The Kier molecular flexibility index (Phi) is 11.9. The Labute approximate surface area is 411 Å². The van der Waals surface area contributed by atoms with E-state index in [1.165, 1.54) is 44.1 Å². The summed E-state index contributed by atoms with van der Waals surface area (Å²) >= 11 is 1.76. The molecule has 2 unspecified atom stereocenters. The van der Waals surface area contributed by atoms with Crippen molar-refractivity contribution in [1.29, 1.82) is 0 Å². The summed E-state index contributed by atoms with van der Waals surface area (Å²) in [4.78, 5) is 81.6. The first-order valence-electron chi connectivity index (χ1n) is 24.9. The molecule has 2 aromatic carbocycles. The number of nitrogens with zero attached hydrogens (tertiary/aromatic N) is 6. The Morgan fingerprint density at radius 3 is 2.14 bits per heavy atom. The smallest absolute Gasteiger partial charge is 0.407 e. The minimum absolute atomic E-state index is 0.000178. The van der Waals surface area contributed by atoms with Gasteiger partial charge in [0.2, 0.25) is 18.0 Å². The number of anilines is 1. The van der Waals surface area contributed by atoms with E-state index in [1.54, 1.807) is 11.3 Å². The number of likely N-dealkylation sites (tertiary alicyclic amines) is 2. The molecule has 3 aromatic heterocycles. The number of imidazole rings is 2. The molecule has 5 aromatic rings. The van der Waals surface area contributed by atoms with Crippen LogP contribution in [0.1, 0.15) is 141 Å². The highest BCUT2D eigenvalue weighted by Crippen LogP contribution is 2.56. The minimum Gasteiger partial charge on any atom is -0.465 e. The predicted molar refractivity (Wildman–Crippen MR) is 262 cm³/mol. The van der Waals surface area contributed by atoms with Crippen LogP contribution in [0.2, 0.25) is 0 Å². The third kappa shape index (κ3) is 8.04. The standard InChI is InChI=1S/C52H62N10O7S/c1-25(2)43(58-51(65)67-6)48(63)60-15-9-12-36(60)45-53-23-34(57-45)30-16-27(5)42-38-19-31-17-29(13-14-35(31)62(38)50(69-40(42)21-30)41-24-55-47(70-41)28-10-8-11-28)33-22-54-46(56-33)39-20-32-18-37(32)61(39)49(64)44(26(3)4)59-52(66)68-7/h13-14,16-17,21-26,28,32,36-39,43-44,50H,8-12,15,18-20H2,1-7H3,(H,53,57)(H,54,56)(H,58,65)(H,59,66)/t32-,36+,37-,38?,39+,43+,44+,50?/m1/s1. The molecule has 2 saturated carbocycles. The number of hydrogen-bond donors (Lipinski definition) is 4. The lowest BCUT2D eigenvalue weighted by atomic mass is 9.86. The number of piperidine rings is 1. The Morgan fingerprint density at radius 1 is 0.786 bits per heavy atom. The second kappa shape index (κ2) is 18.1. The molecule has 8 atom stereocenters. The number of hydrogen-bond acceptors (Lipinski definition) is 12. The van der Waals surface area contributed by atoms with E-state index in [2.05, 4.69) is 62.8 Å². The molecule has 4 amide bonds. The molecule has 4 fully saturated rings. The summed E-state index contributed by atoms with van der Waals surface area (Å²) in [6.45, 7) is 10.4. The summed E-state index contributed by atoms with van der Waals surface area (Å²) in [6.07, 6.45) is 11.8. The van der Waals surface area contributed by atoms with Gasteiger partial charge in [0.05, 0.1) is 66.0 Å². The topological polar surface area (TPSA) is 200 Å². The summed E-state index contributed by atoms with van der Waals surface area (Å²) in [6, 6.07) is 9.19. The Morgan fingerprint density at radius 2 is 1.47 bits per heavy atom. The molecule has 368 valence electrons. The van der Waals surface area contributed by atoms with E-state index < -0.39 is 30.5 Å². The van der Waals surface area contributed by atoms with Crippen molar-refractivity contribution in [3.05, 3.63) is 87.1 Å². The molecule has 0 spiro atoms. The molecule has 2 saturated heterocycles. The van der Waals surface area contributed by atoms with Crippen molar-refractivity contribution in [2.45, 2.75) is 134 Å². The van der Waals surface area contributed by atoms with Crippen LogP contribution >= 0.6 is 11.3 Å². The van der Waals surface area contributed by atoms with Gasteiger partial charge < -0.3 is 49.5 Å². The van der Waals surface area contributed by atoms with Gasteiger partial charge >= 0.3 is 12.2 Å². The van der Waals surface area contributed by atoms with Crippen LogP contribution in [0.15, 0.2) is 48.9 Å². The van der Waals surface area contributed by atoms with Gasteiger partial charge in [-0.1, -0.05) is 40.2 Å². The van der Waals surface area contributed by atoms with E-state index in [4.69, 9.17) is 29.2 Å². The molecule has 4 aliphatic heterocycles. The molecule has 4 N–H and O–H groups in total. The number of carbonyl (C=O) groups is 4. The number of nitrogens with one attached hydrogen (secondary N) is 4. The normalized spacial score (nSPS) is 24.0. The summed E-state index contributed by atoms with van der Waals surface area (Å²) in [5.74, 6) is 2.71. The largest absolute Gasteiger partial charge is 0.465 e. The number of thiazole rings is 1. The van der Waals surface area contributed by atoms with Crippen molar-refractivity contribution >= 4 is 41.0 Å². The molecule has 2 aliphatic carbocycles. The second-order valence-electron chi connectivity index (χ2n) is 20.7. The van der Waals surface area contributed by atoms with Gasteiger partial charge in [0.1, 0.15) is 29.5 Å². The Hall–Kier alpha value is -6.43. The molecular formula is C52H62N10O7S. The predicted octanol–water partition coefficient (Wildman–Crippen LogP) is 8.78. The van der Waals surface area contributed by atoms with Crippen LogP contribution in [0.3, 0.4) is 0 Å². The first-order chi connectivity index (χ1) is 33.8. The maximum atomic E-state index is 14.1. The third-order valence-corrected chi connectivity index (χ3v) is 16.8. The van der Waals surface area contributed by atoms with E-state index in [0.717, 1.165) is 87.9 Å². The Bertz CT molecular complexity index is 2850. The minimum atomic E-state index is -0.717. The lowest BCUT2D eigenvalue weighted by molar-refractivity contribution is -0.137. The highest BCUT2D eigenvalue weighted by Gasteiger charge is 2.56. The van der Waals surface area contributed by atoms with Crippen molar-refractivity contribution in [1.82, 2.24) is 45.4 Å². The maximum Gasteiger partial charge on any atom is 0.407 e. The summed E-state index contributed by atoms with van der Waals surface area (Å²) < 4.78 is 16.9. The second-order valence-corrected chi connectivity index (χ2v) is 21.8. The number of aromatic amines is 2. The fourth-order valence-electron chi connectivity index (χ4n) is 11.6. The first-order valence-corrected chi connectivity index (χ1v) is 25.7. The number of alkyl carbamates (subject to hydrolysis) is 2. The fourth-order valence-corrected chi connectivity index (χ4v) is 12.7. The molecular weight excluding hydrogens is 909 g/mol. The SMILES string of the molecule is COC(=O)N[C@H](C(=O)N1CCC[C@H]1c1ncc(-c2cc(C)c3c(c2)OC(c2cnc(C4CCC4)s2)N2c4ccc(-c5cnc([C@@H]6C[C@H]7C[C@H]7N6C(=O)[C@@H](NC(=O)OC)C(C)C)[nH]5)cc4CC32)[nH]1)C(C)C. The van der Waals surface area contributed by atoms with Crippen molar-refractivity contribution in [2.24, 2.45) is 17.8 Å². The lowest BCUT2D eigenvalue weighted by Gasteiger charge is -2.41. The maximum absolute atomic E-state index is 14.1. The lowest BCUT2D eigenvalue weighted by Crippen LogP contribution is -2.52. The first kappa shape index (κ1) is 46.0. The Balaban J connectivity index is 0.881. The van der Waals surface area contributed by atoms with Crippen LogP contribution in [0.25, 0.3) is 22.5 Å². The number of rotatable bonds is 12. The van der Waals surface area contributed by atoms with E-state index in [9.17, 15) is 19.2 Å². The quantitative estimate of drug-likeness (QED) is 0.0932. The summed E-state index contributed by atoms with van der Waals surface area (Å²) in [7, 11) is 2.61. The van der Waals surface area contributed by atoms with Gasteiger partial charge in [0.15, 0.2) is 0 Å². The number of aromatic nitrogens is 5. The van der Waals surface area contributed by atoms with Crippen molar-refractivity contribution in [3.63, 3.8) is 0 Å². The van der Waals surface area contributed by atoms with E-state index in [-0.39, 0.29) is 47.8 Å². The molecule has 11 rings (SSSR count). The van der Waals surface area contributed by atoms with Crippen LogP contribution < -0.4 is 20.3 Å². The summed E-state index contributed by atoms with van der Waals surface area (Å²) in [5, 5.41) is 6.69. The zero-order valence-electron chi connectivity index (χ0n) is 40.8. The van der Waals surface area contributed by atoms with E-state index in [1.807, 2.05) is 56.1 Å². The molecule has 18 heteroatoms. The monoisotopic (exact) mass is 970 g/mol. The van der Waals surface area contributed by atoms with Gasteiger partial charge in [0, 0.05) is 41.5 Å². The average molecular weight is 971 g/mol. The van der Waals surface area contributed by atoms with Crippen LogP contribution in [0, 0.1) is 24.7 Å². The molecule has 7 heterocycles. The molecule has 0 radical (unpaired) electrons. The third-order valence-electron chi connectivity index (χ3n) is 15.6. The number of carbonyl (C=O) groups excluding carboxylic acids is 4. The van der Waals surface area contributed by atoms with Gasteiger partial charge in [-0.25, -0.2) is 24.5 Å². The fraction of sp³-hybridized carbons (Fsp3) is 0.519. The number of fused-ring (bicyclic) bond motifs is 6. The number of ether oxygens (including phenoxy) is 3. The van der Waals surface area contributed by atoms with Crippen LogP contribution in [-0.2, 0) is 25.5 Å². The van der Waals surface area contributed by atoms with Gasteiger partial charge in [-0.15, -0.1) is 11.3 Å². The number of methoxy groups -OCH3 is 2. The van der Waals surface area contributed by atoms with Gasteiger partial charge in [-0.05, 0) is 111 Å². The molecule has 6 aliphatic rings. The van der Waals surface area contributed by atoms with E-state index in [0.29, 0.717) is 24.2 Å². The van der Waals surface area contributed by atoms with Crippen molar-refractivity contribution in [3.8, 4) is 28.3 Å². The van der Waals surface area contributed by atoms with Crippen molar-refractivity contribution in [2.75, 3.05) is 25.7 Å². The highest BCUT2D eigenvalue weighted by molar-refractivity contribution is 7.11. The molecule has 70 heavy (non-hydrogen) atoms. The zero-order chi connectivity index (χ0) is 48.7. The number of benzene rings is 2. The molecule has 0 bridgehead atoms. The average Bonchev–Trinajstić information content (AvgIpc) is 4.09. The number of aryl methyl sites for hydroxylation is 1. The summed E-state index contributed by atoms with van der Waals surface area (Å²) in [5.41, 5.74) is 8.23. The van der Waals surface area contributed by atoms with Gasteiger partial charge in [-0.3, -0.25) is 9.59 Å². The molecule has 17 nitrogen and oxygen atoms in total. The van der Waals surface area contributed by atoms with Gasteiger partial charge in [0.25, 0.3) is 0 Å². The highest BCUT2D eigenvalue weighted by atomic mass is 32.1. The van der Waals surface area contributed by atoms with Crippen molar-refractivity contribution < 1.29 is 33.4 Å². The van der Waals surface area contributed by atoms with Gasteiger partial charge in [-0.2, -0.15) is 0 Å². The van der Waals surface area contributed by atoms with Crippen LogP contribution in [-0.4, -0.2) is 97.6 Å².